The first kappa shape index (κ1) is 7.00. The monoisotopic (exact) mass is 179 g/mol. The average molecular weight is 179 g/mol. The Hall–Kier alpha value is -1.45. The van der Waals surface area contributed by atoms with Crippen molar-refractivity contribution in [1.82, 2.24) is 4.98 Å². The Bertz CT molecular complexity index is 407. The van der Waals surface area contributed by atoms with Crippen LogP contribution < -0.4 is 0 Å². The SMILES string of the molecule is O=C1C[C@H]2C[C@@H]1c1c(O)[nH]c(O)c12. The summed E-state index contributed by atoms with van der Waals surface area (Å²) in [7, 11) is 0. The minimum Gasteiger partial charge on any atom is -0.494 e. The molecule has 4 nitrogen and oxygen atoms in total. The van der Waals surface area contributed by atoms with Gasteiger partial charge in [0, 0.05) is 23.5 Å². The predicted octanol–water partition coefficient (Wildman–Crippen LogP) is 0.970. The van der Waals surface area contributed by atoms with Gasteiger partial charge in [-0.3, -0.25) is 9.78 Å². The topological polar surface area (TPSA) is 73.3 Å². The van der Waals surface area contributed by atoms with Gasteiger partial charge in [-0.15, -0.1) is 0 Å². The highest BCUT2D eigenvalue weighted by Gasteiger charge is 2.47. The molecule has 0 radical (unpaired) electrons. The van der Waals surface area contributed by atoms with Gasteiger partial charge in [0.05, 0.1) is 0 Å². The van der Waals surface area contributed by atoms with Gasteiger partial charge in [-0.2, -0.15) is 0 Å². The third-order valence-electron chi connectivity index (χ3n) is 3.15. The van der Waals surface area contributed by atoms with Crippen LogP contribution in [0, 0.1) is 0 Å². The van der Waals surface area contributed by atoms with Crippen molar-refractivity contribution in [3.8, 4) is 11.8 Å². The number of aromatic nitrogens is 1. The Labute approximate surface area is 74.2 Å². The summed E-state index contributed by atoms with van der Waals surface area (Å²) >= 11 is 0. The molecule has 0 aromatic carbocycles. The van der Waals surface area contributed by atoms with Gasteiger partial charge >= 0.3 is 0 Å². The molecule has 3 N–H and O–H groups in total. The van der Waals surface area contributed by atoms with Gasteiger partial charge < -0.3 is 10.2 Å². The molecule has 1 aromatic heterocycles. The van der Waals surface area contributed by atoms with E-state index in [9.17, 15) is 15.0 Å². The minimum atomic E-state index is -0.169. The standard InChI is InChI=1S/C9H9NO3/c11-5-2-3-1-4(5)7-6(3)8(12)10-9(7)13/h3-4,10,12-13H,1-2H2/t3-,4+/m1/s1. The predicted molar refractivity (Wildman–Crippen MR) is 43.8 cm³/mol. The zero-order valence-corrected chi connectivity index (χ0v) is 6.87. The van der Waals surface area contributed by atoms with Gasteiger partial charge in [0.25, 0.3) is 0 Å². The third kappa shape index (κ3) is 0.646. The molecule has 0 aliphatic heterocycles. The number of ketones is 1. The second-order valence-electron chi connectivity index (χ2n) is 3.81. The van der Waals surface area contributed by atoms with Gasteiger partial charge in [0.15, 0.2) is 11.8 Å². The molecule has 13 heavy (non-hydrogen) atoms. The van der Waals surface area contributed by atoms with Crippen LogP contribution in [0.5, 0.6) is 11.8 Å². The fourth-order valence-electron chi connectivity index (χ4n) is 2.65. The second kappa shape index (κ2) is 1.89. The molecule has 1 fully saturated rings. The van der Waals surface area contributed by atoms with Crippen molar-refractivity contribution in [3.05, 3.63) is 11.1 Å². The number of hydrogen-bond donors (Lipinski definition) is 3. The number of rotatable bonds is 0. The number of nitrogens with one attached hydrogen (secondary N) is 1. The number of hydrogen-bond acceptors (Lipinski definition) is 3. The molecule has 2 aliphatic rings. The van der Waals surface area contributed by atoms with Crippen LogP contribution in [0.1, 0.15) is 35.8 Å². The molecule has 1 saturated carbocycles. The maximum absolute atomic E-state index is 11.4. The number of Topliss-reactive ketones (excluding diaryl/α,β-unsaturated/α-hetero) is 1. The smallest absolute Gasteiger partial charge is 0.195 e. The van der Waals surface area contributed by atoms with Crippen LogP contribution in [0.15, 0.2) is 0 Å². The fourth-order valence-corrected chi connectivity index (χ4v) is 2.65. The molecule has 0 amide bonds. The van der Waals surface area contributed by atoms with E-state index in [-0.39, 0.29) is 29.4 Å². The van der Waals surface area contributed by atoms with E-state index >= 15 is 0 Å². The third-order valence-corrected chi connectivity index (χ3v) is 3.15. The van der Waals surface area contributed by atoms with Gasteiger partial charge in [-0.05, 0) is 12.3 Å². The molecule has 68 valence electrons. The van der Waals surface area contributed by atoms with Gasteiger partial charge in [0.1, 0.15) is 5.78 Å². The molecule has 2 bridgehead atoms. The van der Waals surface area contributed by atoms with Gasteiger partial charge in [-0.1, -0.05) is 0 Å². The van der Waals surface area contributed by atoms with Crippen molar-refractivity contribution in [2.24, 2.45) is 0 Å². The summed E-state index contributed by atoms with van der Waals surface area (Å²) in [6.07, 6.45) is 1.28. The zero-order chi connectivity index (χ0) is 9.16. The van der Waals surface area contributed by atoms with E-state index < -0.39 is 0 Å². The Kier molecular flexibility index (Phi) is 1.02. The highest BCUT2D eigenvalue weighted by molar-refractivity contribution is 5.93. The van der Waals surface area contributed by atoms with Crippen LogP contribution in [-0.4, -0.2) is 21.0 Å². The number of carbonyl (C=O) groups is 1. The highest BCUT2D eigenvalue weighted by Crippen LogP contribution is 2.56. The van der Waals surface area contributed by atoms with E-state index in [1.807, 2.05) is 0 Å². The van der Waals surface area contributed by atoms with Crippen molar-refractivity contribution in [3.63, 3.8) is 0 Å². The lowest BCUT2D eigenvalue weighted by molar-refractivity contribution is -0.118. The lowest BCUT2D eigenvalue weighted by Gasteiger charge is -2.08. The fraction of sp³-hybridized carbons (Fsp3) is 0.444. The van der Waals surface area contributed by atoms with Crippen LogP contribution in [0.25, 0.3) is 0 Å². The minimum absolute atomic E-state index is 0.0342. The largest absolute Gasteiger partial charge is 0.494 e. The van der Waals surface area contributed by atoms with E-state index in [2.05, 4.69) is 4.98 Å². The van der Waals surface area contributed by atoms with E-state index in [0.717, 1.165) is 12.0 Å². The quantitative estimate of drug-likeness (QED) is 0.555. The maximum atomic E-state index is 11.4. The number of aromatic amines is 1. The normalized spacial score (nSPS) is 29.7. The van der Waals surface area contributed by atoms with Crippen molar-refractivity contribution in [1.29, 1.82) is 0 Å². The molecular weight excluding hydrogens is 170 g/mol. The number of aromatic hydroxyl groups is 2. The molecule has 1 aromatic rings. The van der Waals surface area contributed by atoms with Gasteiger partial charge in [-0.25, -0.2) is 0 Å². The first-order valence-corrected chi connectivity index (χ1v) is 4.35. The first-order chi connectivity index (χ1) is 6.18. The summed E-state index contributed by atoms with van der Waals surface area (Å²) < 4.78 is 0. The van der Waals surface area contributed by atoms with E-state index in [4.69, 9.17) is 0 Å². The summed E-state index contributed by atoms with van der Waals surface area (Å²) in [6.45, 7) is 0. The summed E-state index contributed by atoms with van der Waals surface area (Å²) in [5.74, 6) is 0.147. The Balaban J connectivity index is 2.28. The zero-order valence-electron chi connectivity index (χ0n) is 6.87. The van der Waals surface area contributed by atoms with Crippen LogP contribution in [-0.2, 0) is 4.79 Å². The number of fused-ring (bicyclic) bond motifs is 5. The molecule has 2 atom stereocenters. The number of carbonyl (C=O) groups excluding carboxylic acids is 1. The highest BCUT2D eigenvalue weighted by atomic mass is 16.3. The molecule has 4 heteroatoms. The molecule has 0 spiro atoms. The molecule has 2 aliphatic carbocycles. The summed E-state index contributed by atoms with van der Waals surface area (Å²) in [6, 6.07) is 0. The van der Waals surface area contributed by atoms with E-state index in [1.165, 1.54) is 0 Å². The van der Waals surface area contributed by atoms with Crippen LogP contribution in [0.3, 0.4) is 0 Å². The average Bonchev–Trinajstić information content (AvgIpc) is 2.64. The summed E-state index contributed by atoms with van der Waals surface area (Å²) in [5.41, 5.74) is 1.40. The molecule has 1 heterocycles. The molecule has 0 saturated heterocycles. The van der Waals surface area contributed by atoms with E-state index in [1.54, 1.807) is 0 Å². The lowest BCUT2D eigenvalue weighted by atomic mass is 9.94. The van der Waals surface area contributed by atoms with Crippen molar-refractivity contribution in [2.45, 2.75) is 24.7 Å². The molecule has 0 unspecified atom stereocenters. The first-order valence-electron chi connectivity index (χ1n) is 4.35. The summed E-state index contributed by atoms with van der Waals surface area (Å²) in [5, 5.41) is 18.9. The maximum Gasteiger partial charge on any atom is 0.195 e. The van der Waals surface area contributed by atoms with Crippen LogP contribution in [0.4, 0.5) is 0 Å². The molecular formula is C9H9NO3. The molecule has 3 rings (SSSR count). The lowest BCUT2D eigenvalue weighted by Crippen LogP contribution is -2.07. The Morgan fingerprint density at radius 3 is 2.69 bits per heavy atom. The Morgan fingerprint density at radius 2 is 1.92 bits per heavy atom. The second-order valence-corrected chi connectivity index (χ2v) is 3.81. The van der Waals surface area contributed by atoms with Crippen molar-refractivity contribution in [2.75, 3.05) is 0 Å². The van der Waals surface area contributed by atoms with Crippen LogP contribution >= 0.6 is 0 Å². The summed E-state index contributed by atoms with van der Waals surface area (Å²) in [4.78, 5) is 13.8. The van der Waals surface area contributed by atoms with Gasteiger partial charge in [0.2, 0.25) is 0 Å². The van der Waals surface area contributed by atoms with Crippen molar-refractivity contribution >= 4 is 5.78 Å². The van der Waals surface area contributed by atoms with Crippen LogP contribution in [0.2, 0.25) is 0 Å². The number of H-pyrrole nitrogens is 1. The Morgan fingerprint density at radius 1 is 1.23 bits per heavy atom. The van der Waals surface area contributed by atoms with Crippen molar-refractivity contribution < 1.29 is 15.0 Å². The van der Waals surface area contributed by atoms with E-state index in [0.29, 0.717) is 12.0 Å².